The molecule has 0 unspecified atom stereocenters. The first-order valence-corrected chi connectivity index (χ1v) is 10.4. The molecule has 0 fully saturated rings. The van der Waals surface area contributed by atoms with E-state index in [1.54, 1.807) is 36.6 Å². The molecule has 0 radical (unpaired) electrons. The zero-order valence-electron chi connectivity index (χ0n) is 15.7. The number of hydrogen-bond acceptors (Lipinski definition) is 5. The Bertz CT molecular complexity index is 875. The van der Waals surface area contributed by atoms with Crippen molar-refractivity contribution in [1.82, 2.24) is 19.5 Å². The number of aromatic nitrogens is 1. The Morgan fingerprint density at radius 1 is 1.27 bits per heavy atom. The van der Waals surface area contributed by atoms with Gasteiger partial charge in [0.25, 0.3) is 0 Å². The molecule has 0 atom stereocenters. The summed E-state index contributed by atoms with van der Waals surface area (Å²) >= 11 is 1.61. The molecule has 1 aromatic heterocycles. The smallest absolute Gasteiger partial charge is 0.242 e. The molecule has 0 aliphatic carbocycles. The summed E-state index contributed by atoms with van der Waals surface area (Å²) in [4.78, 5) is 11.0. The van der Waals surface area contributed by atoms with Crippen LogP contribution in [0, 0.1) is 6.92 Å². The number of nitrogens with one attached hydrogen (secondary N) is 1. The second kappa shape index (κ2) is 8.61. The molecule has 2 rings (SSSR count). The third-order valence-corrected chi connectivity index (χ3v) is 6.55. The zero-order chi connectivity index (χ0) is 19.3. The van der Waals surface area contributed by atoms with Crippen LogP contribution in [0.25, 0.3) is 0 Å². The number of thiazole rings is 1. The first-order chi connectivity index (χ1) is 12.3. The summed E-state index contributed by atoms with van der Waals surface area (Å²) in [5.41, 5.74) is 1.67. The Morgan fingerprint density at radius 3 is 2.54 bits per heavy atom. The highest BCUT2D eigenvalue weighted by molar-refractivity contribution is 7.89. The van der Waals surface area contributed by atoms with E-state index < -0.39 is 10.0 Å². The highest BCUT2D eigenvalue weighted by Gasteiger charge is 2.21. The van der Waals surface area contributed by atoms with Crippen molar-refractivity contribution in [2.75, 3.05) is 28.2 Å². The number of benzene rings is 1. The van der Waals surface area contributed by atoms with Crippen molar-refractivity contribution >= 4 is 27.3 Å². The van der Waals surface area contributed by atoms with Crippen LogP contribution >= 0.6 is 11.3 Å². The van der Waals surface area contributed by atoms with Crippen molar-refractivity contribution < 1.29 is 8.42 Å². The molecule has 1 heterocycles. The molecular formula is C17H25N5O2S2. The maximum Gasteiger partial charge on any atom is 0.242 e. The van der Waals surface area contributed by atoms with Crippen LogP contribution in [0.3, 0.4) is 0 Å². The molecule has 0 bridgehead atoms. The van der Waals surface area contributed by atoms with Gasteiger partial charge in [0, 0.05) is 40.1 Å². The van der Waals surface area contributed by atoms with Gasteiger partial charge in [-0.25, -0.2) is 17.7 Å². The van der Waals surface area contributed by atoms with E-state index >= 15 is 0 Å². The van der Waals surface area contributed by atoms with Gasteiger partial charge in [-0.2, -0.15) is 0 Å². The lowest BCUT2D eigenvalue weighted by molar-refractivity contribution is 0.470. The number of hydrogen-bond donors (Lipinski definition) is 1. The fraction of sp³-hybridized carbons (Fsp3) is 0.412. The number of sulfonamides is 1. The Kier molecular flexibility index (Phi) is 6.74. The molecule has 0 spiro atoms. The quantitative estimate of drug-likeness (QED) is 0.597. The summed E-state index contributed by atoms with van der Waals surface area (Å²) in [7, 11) is 3.19. The van der Waals surface area contributed by atoms with Gasteiger partial charge < -0.3 is 10.2 Å². The molecular weight excluding hydrogens is 370 g/mol. The summed E-state index contributed by atoms with van der Waals surface area (Å²) < 4.78 is 26.2. The van der Waals surface area contributed by atoms with Crippen LogP contribution in [-0.2, 0) is 23.1 Å². The average Bonchev–Trinajstić information content (AvgIpc) is 3.00. The van der Waals surface area contributed by atoms with Gasteiger partial charge in [-0.3, -0.25) is 4.99 Å². The fourth-order valence-corrected chi connectivity index (χ4v) is 4.18. The highest BCUT2D eigenvalue weighted by atomic mass is 32.2. The minimum Gasteiger partial charge on any atom is -0.352 e. The highest BCUT2D eigenvalue weighted by Crippen LogP contribution is 2.18. The van der Waals surface area contributed by atoms with Crippen molar-refractivity contribution in [3.63, 3.8) is 0 Å². The molecule has 2 aromatic rings. The van der Waals surface area contributed by atoms with E-state index in [9.17, 15) is 8.42 Å². The van der Waals surface area contributed by atoms with Gasteiger partial charge in [-0.15, -0.1) is 11.3 Å². The Balaban J connectivity index is 2.12. The minimum absolute atomic E-state index is 0.297. The van der Waals surface area contributed by atoms with E-state index in [0.29, 0.717) is 29.5 Å². The zero-order valence-corrected chi connectivity index (χ0v) is 17.4. The second-order valence-electron chi connectivity index (χ2n) is 6.01. The summed E-state index contributed by atoms with van der Waals surface area (Å²) in [5, 5.41) is 6.29. The van der Waals surface area contributed by atoms with Gasteiger partial charge in [0.2, 0.25) is 10.0 Å². The molecule has 0 saturated carbocycles. The summed E-state index contributed by atoms with van der Waals surface area (Å²) in [6, 6.07) is 6.99. The van der Waals surface area contributed by atoms with Gasteiger partial charge in [-0.1, -0.05) is 18.2 Å². The number of aryl methyl sites for hydroxylation is 1. The van der Waals surface area contributed by atoms with Crippen LogP contribution in [0.2, 0.25) is 0 Å². The monoisotopic (exact) mass is 395 g/mol. The second-order valence-corrected chi connectivity index (χ2v) is 9.19. The van der Waals surface area contributed by atoms with Crippen molar-refractivity contribution in [2.45, 2.75) is 24.9 Å². The van der Waals surface area contributed by atoms with Crippen LogP contribution in [-0.4, -0.2) is 56.8 Å². The van der Waals surface area contributed by atoms with Crippen LogP contribution in [0.4, 0.5) is 0 Å². The molecule has 0 aliphatic rings. The molecule has 7 nitrogen and oxygen atoms in total. The SMILES string of the molecule is CN=C(NCc1ccccc1S(=O)(=O)N(C)C)N(C)Cc1csc(C)n1. The third kappa shape index (κ3) is 4.80. The number of rotatable bonds is 6. The first kappa shape index (κ1) is 20.3. The van der Waals surface area contributed by atoms with Crippen LogP contribution in [0.1, 0.15) is 16.3 Å². The molecule has 1 aromatic carbocycles. The maximum absolute atomic E-state index is 12.5. The fourth-order valence-electron chi connectivity index (χ4n) is 2.46. The van der Waals surface area contributed by atoms with Crippen LogP contribution in [0.15, 0.2) is 39.5 Å². The van der Waals surface area contributed by atoms with Gasteiger partial charge >= 0.3 is 0 Å². The average molecular weight is 396 g/mol. The standard InChI is InChI=1S/C17H25N5O2S2/c1-13-20-15(12-25-13)11-22(5)17(18-2)19-10-14-8-6-7-9-16(14)26(23,24)21(3)4/h6-9,12H,10-11H2,1-5H3,(H,18,19). The summed E-state index contributed by atoms with van der Waals surface area (Å²) in [6.07, 6.45) is 0. The van der Waals surface area contributed by atoms with E-state index in [2.05, 4.69) is 15.3 Å². The van der Waals surface area contributed by atoms with E-state index in [4.69, 9.17) is 0 Å². The van der Waals surface area contributed by atoms with E-state index in [-0.39, 0.29) is 0 Å². The van der Waals surface area contributed by atoms with Crippen molar-refractivity contribution in [2.24, 2.45) is 4.99 Å². The summed E-state index contributed by atoms with van der Waals surface area (Å²) in [5.74, 6) is 0.674. The lowest BCUT2D eigenvalue weighted by Gasteiger charge is -2.22. The Labute approximate surface area is 159 Å². The Morgan fingerprint density at radius 2 is 1.96 bits per heavy atom. The Hall–Kier alpha value is -1.97. The first-order valence-electron chi connectivity index (χ1n) is 8.09. The van der Waals surface area contributed by atoms with E-state index in [0.717, 1.165) is 10.7 Å². The normalized spacial score (nSPS) is 12.5. The van der Waals surface area contributed by atoms with Crippen molar-refractivity contribution in [3.05, 3.63) is 45.9 Å². The van der Waals surface area contributed by atoms with Crippen molar-refractivity contribution in [1.29, 1.82) is 0 Å². The summed E-state index contributed by atoms with van der Waals surface area (Å²) in [6.45, 7) is 2.96. The third-order valence-electron chi connectivity index (χ3n) is 3.81. The topological polar surface area (TPSA) is 77.9 Å². The van der Waals surface area contributed by atoms with Crippen LogP contribution < -0.4 is 5.32 Å². The molecule has 1 N–H and O–H groups in total. The number of nitrogens with zero attached hydrogens (tertiary/aromatic N) is 4. The molecule has 0 aliphatic heterocycles. The predicted molar refractivity (Wildman–Crippen MR) is 106 cm³/mol. The van der Waals surface area contributed by atoms with E-state index in [1.807, 2.05) is 30.3 Å². The van der Waals surface area contributed by atoms with Gasteiger partial charge in [0.1, 0.15) is 0 Å². The predicted octanol–water partition coefficient (Wildman–Crippen LogP) is 1.91. The number of aliphatic imine (C=N–C) groups is 1. The number of guanidine groups is 1. The maximum atomic E-state index is 12.5. The van der Waals surface area contributed by atoms with Gasteiger partial charge in [0.15, 0.2) is 5.96 Å². The molecule has 0 saturated heterocycles. The van der Waals surface area contributed by atoms with E-state index in [1.165, 1.54) is 18.4 Å². The molecule has 0 amide bonds. The van der Waals surface area contributed by atoms with Crippen LogP contribution in [0.5, 0.6) is 0 Å². The lowest BCUT2D eigenvalue weighted by Crippen LogP contribution is -2.38. The van der Waals surface area contributed by atoms with Gasteiger partial charge in [0.05, 0.1) is 22.1 Å². The lowest BCUT2D eigenvalue weighted by atomic mass is 10.2. The van der Waals surface area contributed by atoms with Gasteiger partial charge in [-0.05, 0) is 18.6 Å². The molecule has 26 heavy (non-hydrogen) atoms. The largest absolute Gasteiger partial charge is 0.352 e. The molecule has 142 valence electrons. The van der Waals surface area contributed by atoms with Crippen molar-refractivity contribution in [3.8, 4) is 0 Å². The minimum atomic E-state index is -3.50. The molecule has 9 heteroatoms.